The third-order valence-corrected chi connectivity index (χ3v) is 7.41. The number of fused-ring (bicyclic) bond motifs is 1. The smallest absolute Gasteiger partial charge is 0.407 e. The number of anilines is 3. The number of hydrogen-bond acceptors (Lipinski definition) is 10. The highest BCUT2D eigenvalue weighted by Gasteiger charge is 2.25. The average Bonchev–Trinajstić information content (AvgIpc) is 3.70. The second-order valence-electron chi connectivity index (χ2n) is 12.0. The number of aromatic nitrogens is 8. The highest BCUT2D eigenvalue weighted by molar-refractivity contribution is 5.72. The standard InChI is InChI=1S/C34H35FN10O3/c1-34(2,3)48-33(46)38-21-24(17-22-11-12-29(47-5)37-20-22)31-42-41-28-19-23(18-27(35)45(28)31)26-13-15-36-32(40-26)44(25-9-7-6-8-10-25)30-14-16-39-43(30)4/h6-16,18-20,24H,17,21H2,1-5H3,(H,38,46). The Hall–Kier alpha value is -5.92. The molecule has 1 atom stereocenters. The van der Waals surface area contributed by atoms with Gasteiger partial charge in [0.15, 0.2) is 5.65 Å². The maximum Gasteiger partial charge on any atom is 0.407 e. The van der Waals surface area contributed by atoms with Crippen molar-refractivity contribution in [2.75, 3.05) is 18.6 Å². The third-order valence-electron chi connectivity index (χ3n) is 7.41. The molecule has 1 amide bonds. The second kappa shape index (κ2) is 13.4. The molecule has 0 aliphatic carbocycles. The number of nitrogens with zero attached hydrogens (tertiary/aromatic N) is 9. The van der Waals surface area contributed by atoms with Gasteiger partial charge in [-0.15, -0.1) is 10.2 Å². The molecule has 48 heavy (non-hydrogen) atoms. The molecule has 1 unspecified atom stereocenters. The van der Waals surface area contributed by atoms with Gasteiger partial charge in [0, 0.05) is 55.7 Å². The Morgan fingerprint density at radius 1 is 1.02 bits per heavy atom. The topological polar surface area (TPSA) is 137 Å². The van der Waals surface area contributed by atoms with Crippen LogP contribution in [0.2, 0.25) is 0 Å². The zero-order valence-corrected chi connectivity index (χ0v) is 27.2. The van der Waals surface area contributed by atoms with Gasteiger partial charge in [0.25, 0.3) is 0 Å². The fourth-order valence-electron chi connectivity index (χ4n) is 5.25. The van der Waals surface area contributed by atoms with Gasteiger partial charge in [-0.1, -0.05) is 24.3 Å². The molecule has 0 saturated heterocycles. The molecule has 0 aliphatic rings. The molecule has 5 heterocycles. The van der Waals surface area contributed by atoms with E-state index in [0.29, 0.717) is 35.3 Å². The van der Waals surface area contributed by atoms with Gasteiger partial charge in [-0.3, -0.25) is 14.0 Å². The zero-order valence-electron chi connectivity index (χ0n) is 27.2. The van der Waals surface area contributed by atoms with E-state index in [4.69, 9.17) is 14.5 Å². The average molecular weight is 651 g/mol. The first-order valence-corrected chi connectivity index (χ1v) is 15.3. The summed E-state index contributed by atoms with van der Waals surface area (Å²) in [5, 5.41) is 15.8. The van der Waals surface area contributed by atoms with Gasteiger partial charge in [-0.2, -0.15) is 9.49 Å². The van der Waals surface area contributed by atoms with E-state index in [1.165, 1.54) is 17.6 Å². The van der Waals surface area contributed by atoms with Crippen molar-refractivity contribution in [1.82, 2.24) is 44.6 Å². The summed E-state index contributed by atoms with van der Waals surface area (Å²) in [6, 6.07) is 20.0. The Morgan fingerprint density at radius 2 is 1.83 bits per heavy atom. The van der Waals surface area contributed by atoms with Crippen LogP contribution in [0.15, 0.2) is 85.3 Å². The molecule has 0 radical (unpaired) electrons. The van der Waals surface area contributed by atoms with E-state index in [9.17, 15) is 4.79 Å². The molecular formula is C34H35FN10O3. The van der Waals surface area contributed by atoms with Crippen molar-refractivity contribution in [2.24, 2.45) is 7.05 Å². The molecule has 5 aromatic heterocycles. The van der Waals surface area contributed by atoms with E-state index in [1.807, 2.05) is 54.4 Å². The number of halogens is 1. The van der Waals surface area contributed by atoms with Crippen LogP contribution in [0.4, 0.5) is 26.6 Å². The van der Waals surface area contributed by atoms with Crippen LogP contribution in [0.3, 0.4) is 0 Å². The molecule has 6 rings (SSSR count). The lowest BCUT2D eigenvalue weighted by molar-refractivity contribution is 0.0524. The van der Waals surface area contributed by atoms with E-state index in [1.54, 1.807) is 62.2 Å². The van der Waals surface area contributed by atoms with Crippen molar-refractivity contribution in [2.45, 2.75) is 38.7 Å². The highest BCUT2D eigenvalue weighted by Crippen LogP contribution is 2.33. The number of hydrogen-bond donors (Lipinski definition) is 1. The molecular weight excluding hydrogens is 615 g/mol. The Kier molecular flexibility index (Phi) is 8.97. The third kappa shape index (κ3) is 7.07. The van der Waals surface area contributed by atoms with E-state index >= 15 is 4.39 Å². The summed E-state index contributed by atoms with van der Waals surface area (Å²) in [7, 11) is 3.38. The van der Waals surface area contributed by atoms with E-state index in [2.05, 4.69) is 30.6 Å². The number of aryl methyl sites for hydroxylation is 1. The van der Waals surface area contributed by atoms with Crippen LogP contribution < -0.4 is 15.0 Å². The van der Waals surface area contributed by atoms with Crippen LogP contribution in [-0.2, 0) is 18.2 Å². The molecule has 0 saturated carbocycles. The first-order chi connectivity index (χ1) is 23.1. The van der Waals surface area contributed by atoms with Gasteiger partial charge in [-0.05, 0) is 57.0 Å². The summed E-state index contributed by atoms with van der Waals surface area (Å²) >= 11 is 0. The number of ether oxygens (including phenoxy) is 2. The van der Waals surface area contributed by atoms with Crippen LogP contribution >= 0.6 is 0 Å². The summed E-state index contributed by atoms with van der Waals surface area (Å²) in [6.45, 7) is 5.46. The lowest BCUT2D eigenvalue weighted by atomic mass is 9.99. The fraction of sp³-hybridized carbons (Fsp3) is 0.265. The predicted octanol–water partition coefficient (Wildman–Crippen LogP) is 5.78. The number of alkyl carbamates (subject to hydrolysis) is 1. The number of methoxy groups -OCH3 is 1. The second-order valence-corrected chi connectivity index (χ2v) is 12.0. The molecule has 0 spiro atoms. The maximum absolute atomic E-state index is 16.1. The van der Waals surface area contributed by atoms with Gasteiger partial charge in [0.1, 0.15) is 17.2 Å². The van der Waals surface area contributed by atoms with Crippen molar-refractivity contribution in [3.05, 3.63) is 103 Å². The number of carbonyl (C=O) groups is 1. The Morgan fingerprint density at radius 3 is 2.52 bits per heavy atom. The van der Waals surface area contributed by atoms with Crippen molar-refractivity contribution >= 4 is 29.2 Å². The fourth-order valence-corrected chi connectivity index (χ4v) is 5.25. The largest absolute Gasteiger partial charge is 0.481 e. The number of nitrogens with one attached hydrogen (secondary N) is 1. The summed E-state index contributed by atoms with van der Waals surface area (Å²) in [6.07, 6.45) is 4.79. The van der Waals surface area contributed by atoms with E-state index in [0.717, 1.165) is 17.1 Å². The number of para-hydroxylation sites is 1. The molecule has 0 bridgehead atoms. The van der Waals surface area contributed by atoms with Crippen LogP contribution in [0, 0.1) is 5.95 Å². The highest BCUT2D eigenvalue weighted by atomic mass is 19.1. The number of amides is 1. The van der Waals surface area contributed by atoms with Crippen molar-refractivity contribution in [3.8, 4) is 17.1 Å². The minimum absolute atomic E-state index is 0.113. The van der Waals surface area contributed by atoms with Gasteiger partial charge < -0.3 is 14.8 Å². The number of rotatable bonds is 10. The molecule has 6 aromatic rings. The van der Waals surface area contributed by atoms with Crippen molar-refractivity contribution in [1.29, 1.82) is 0 Å². The minimum atomic E-state index is -0.680. The van der Waals surface area contributed by atoms with Gasteiger partial charge >= 0.3 is 6.09 Å². The minimum Gasteiger partial charge on any atom is -0.481 e. The number of benzene rings is 1. The maximum atomic E-state index is 16.1. The normalized spacial score (nSPS) is 12.1. The Bertz CT molecular complexity index is 2020. The van der Waals surface area contributed by atoms with Gasteiger partial charge in [0.05, 0.1) is 24.7 Å². The number of pyridine rings is 2. The summed E-state index contributed by atoms with van der Waals surface area (Å²) in [5.41, 5.74) is 2.25. The van der Waals surface area contributed by atoms with E-state index < -0.39 is 23.6 Å². The first-order valence-electron chi connectivity index (χ1n) is 15.3. The van der Waals surface area contributed by atoms with Crippen molar-refractivity contribution < 1.29 is 18.7 Å². The SMILES string of the molecule is COc1ccc(CC(CNC(=O)OC(C)(C)C)c2nnc3cc(-c4ccnc(N(c5ccccc5)c5ccnn5C)n4)cc(F)n23)cn1. The lowest BCUT2D eigenvalue weighted by Gasteiger charge is -2.23. The molecule has 1 aromatic carbocycles. The molecule has 246 valence electrons. The lowest BCUT2D eigenvalue weighted by Crippen LogP contribution is -2.35. The summed E-state index contributed by atoms with van der Waals surface area (Å²) in [4.78, 5) is 28.1. The number of carbonyl (C=O) groups excluding carboxylic acids is 1. The Balaban J connectivity index is 1.35. The first kappa shape index (κ1) is 32.0. The molecule has 0 fully saturated rings. The van der Waals surface area contributed by atoms with Gasteiger partial charge in [-0.25, -0.2) is 19.7 Å². The van der Waals surface area contributed by atoms with Crippen LogP contribution in [0.5, 0.6) is 5.88 Å². The van der Waals surface area contributed by atoms with Crippen molar-refractivity contribution in [3.63, 3.8) is 0 Å². The quantitative estimate of drug-likeness (QED) is 0.182. The Labute approximate surface area is 276 Å². The zero-order chi connectivity index (χ0) is 33.8. The monoisotopic (exact) mass is 650 g/mol. The van der Waals surface area contributed by atoms with Gasteiger partial charge in [0.2, 0.25) is 17.8 Å². The molecule has 1 N–H and O–H groups in total. The summed E-state index contributed by atoms with van der Waals surface area (Å²) in [5.74, 6) is 0.854. The summed E-state index contributed by atoms with van der Waals surface area (Å²) < 4.78 is 29.8. The van der Waals surface area contributed by atoms with Crippen LogP contribution in [0.1, 0.15) is 38.1 Å². The molecule has 0 aliphatic heterocycles. The molecule has 14 heteroatoms. The van der Waals surface area contributed by atoms with Crippen LogP contribution in [0.25, 0.3) is 16.9 Å². The van der Waals surface area contributed by atoms with E-state index in [-0.39, 0.29) is 12.2 Å². The molecule has 13 nitrogen and oxygen atoms in total. The van der Waals surface area contributed by atoms with Crippen LogP contribution in [-0.4, -0.2) is 64.7 Å². The predicted molar refractivity (Wildman–Crippen MR) is 177 cm³/mol.